The van der Waals surface area contributed by atoms with E-state index in [1.165, 1.54) is 20.2 Å². The van der Waals surface area contributed by atoms with Gasteiger partial charge in [0.05, 0.1) is 11.3 Å². The van der Waals surface area contributed by atoms with Crippen LogP contribution in [0, 0.1) is 0 Å². The average Bonchev–Trinajstić information content (AvgIpc) is 3.61. The van der Waals surface area contributed by atoms with Crippen molar-refractivity contribution in [3.63, 3.8) is 0 Å². The Balaban J connectivity index is 1.33. The van der Waals surface area contributed by atoms with Gasteiger partial charge in [-0.25, -0.2) is 4.98 Å². The summed E-state index contributed by atoms with van der Waals surface area (Å²) in [5, 5.41) is 13.8. The van der Waals surface area contributed by atoms with E-state index in [1.807, 2.05) is 53.8 Å². The number of para-hydroxylation sites is 2. The van der Waals surface area contributed by atoms with Gasteiger partial charge >= 0.3 is 0 Å². The van der Waals surface area contributed by atoms with Crippen LogP contribution < -0.4 is 0 Å². The molecule has 0 amide bonds. The van der Waals surface area contributed by atoms with Gasteiger partial charge in [0, 0.05) is 48.6 Å². The standard InChI is InChI=1S/C40H36N2O2S/c1-39(2,3)25-21-24(36(43)31(22-25)40(4,5)6)23-41-32-18-9-7-14-30(32)38-42-35-27(15-12-19-33(35)44-38)29-17-11-16-28-26-13-8-10-20-34(26)45-37(28)29/h7-23,43H,1-6H3. The van der Waals surface area contributed by atoms with Gasteiger partial charge in [-0.1, -0.05) is 108 Å². The molecule has 0 radical (unpaired) electrons. The van der Waals surface area contributed by atoms with Crippen molar-refractivity contribution in [1.29, 1.82) is 0 Å². The maximum absolute atomic E-state index is 11.3. The Morgan fingerprint density at radius 2 is 1.42 bits per heavy atom. The number of benzene rings is 5. The number of hydrogen-bond donors (Lipinski definition) is 1. The van der Waals surface area contributed by atoms with Crippen LogP contribution in [0.3, 0.4) is 0 Å². The summed E-state index contributed by atoms with van der Waals surface area (Å²) in [6.45, 7) is 12.9. The van der Waals surface area contributed by atoms with Crippen LogP contribution in [-0.2, 0) is 10.8 Å². The zero-order valence-electron chi connectivity index (χ0n) is 26.5. The van der Waals surface area contributed by atoms with Crippen molar-refractivity contribution in [2.45, 2.75) is 52.4 Å². The van der Waals surface area contributed by atoms with E-state index in [4.69, 9.17) is 14.4 Å². The number of nitrogens with zero attached hydrogens (tertiary/aromatic N) is 2. The lowest BCUT2D eigenvalue weighted by molar-refractivity contribution is 0.444. The Bertz CT molecular complexity index is 2260. The summed E-state index contributed by atoms with van der Waals surface area (Å²) >= 11 is 1.81. The Hall–Kier alpha value is -4.74. The van der Waals surface area contributed by atoms with Gasteiger partial charge < -0.3 is 9.52 Å². The molecule has 0 aliphatic rings. The SMILES string of the molecule is CC(C)(C)c1cc(C=Nc2ccccc2-c2nc3c(-c4cccc5c4sc4ccccc45)cccc3o2)c(O)c(C(C)(C)C)c1. The Labute approximate surface area is 267 Å². The summed E-state index contributed by atoms with van der Waals surface area (Å²) in [5.74, 6) is 0.774. The highest BCUT2D eigenvalue weighted by Gasteiger charge is 2.25. The molecule has 2 aromatic heterocycles. The lowest BCUT2D eigenvalue weighted by atomic mass is 9.79. The van der Waals surface area contributed by atoms with Gasteiger partial charge in [0.2, 0.25) is 5.89 Å². The zero-order valence-corrected chi connectivity index (χ0v) is 27.3. The van der Waals surface area contributed by atoms with Crippen molar-refractivity contribution in [2.24, 2.45) is 4.99 Å². The van der Waals surface area contributed by atoms with E-state index in [-0.39, 0.29) is 16.6 Å². The van der Waals surface area contributed by atoms with Gasteiger partial charge in [-0.2, -0.15) is 0 Å². The third-order valence-electron chi connectivity index (χ3n) is 8.40. The van der Waals surface area contributed by atoms with Gasteiger partial charge in [-0.3, -0.25) is 4.99 Å². The molecule has 7 aromatic rings. The van der Waals surface area contributed by atoms with Crippen LogP contribution >= 0.6 is 11.3 Å². The molecule has 0 saturated carbocycles. The summed E-state index contributed by atoms with van der Waals surface area (Å²) in [4.78, 5) is 9.95. The number of oxazole rings is 1. The highest BCUT2D eigenvalue weighted by atomic mass is 32.1. The van der Waals surface area contributed by atoms with Crippen LogP contribution in [0.2, 0.25) is 0 Å². The summed E-state index contributed by atoms with van der Waals surface area (Å²) in [6.07, 6.45) is 1.76. The minimum atomic E-state index is -0.220. The molecule has 5 heteroatoms. The highest BCUT2D eigenvalue weighted by molar-refractivity contribution is 7.26. The molecule has 1 N–H and O–H groups in total. The number of hydrogen-bond acceptors (Lipinski definition) is 5. The summed E-state index contributed by atoms with van der Waals surface area (Å²) in [7, 11) is 0. The normalized spacial score (nSPS) is 12.7. The fourth-order valence-corrected chi connectivity index (χ4v) is 7.14. The van der Waals surface area contributed by atoms with Crippen molar-refractivity contribution < 1.29 is 9.52 Å². The van der Waals surface area contributed by atoms with Gasteiger partial charge in [-0.05, 0) is 46.7 Å². The van der Waals surface area contributed by atoms with Crippen molar-refractivity contribution >= 4 is 54.5 Å². The Morgan fingerprint density at radius 1 is 0.733 bits per heavy atom. The second-order valence-electron chi connectivity index (χ2n) is 13.7. The van der Waals surface area contributed by atoms with Gasteiger partial charge in [0.15, 0.2) is 5.58 Å². The first-order valence-corrected chi connectivity index (χ1v) is 16.1. The topological polar surface area (TPSA) is 58.6 Å². The lowest BCUT2D eigenvalue weighted by Crippen LogP contribution is -2.17. The van der Waals surface area contributed by atoms with Crippen LogP contribution in [-0.4, -0.2) is 16.3 Å². The van der Waals surface area contributed by atoms with Crippen LogP contribution in [0.5, 0.6) is 5.75 Å². The smallest absolute Gasteiger partial charge is 0.229 e. The van der Waals surface area contributed by atoms with Crippen LogP contribution in [0.15, 0.2) is 106 Å². The van der Waals surface area contributed by atoms with Gasteiger partial charge in [0.1, 0.15) is 11.3 Å². The van der Waals surface area contributed by atoms with E-state index in [9.17, 15) is 5.11 Å². The highest BCUT2D eigenvalue weighted by Crippen LogP contribution is 2.43. The molecule has 0 unspecified atom stereocenters. The molecular weight excluding hydrogens is 573 g/mol. The molecule has 2 heterocycles. The van der Waals surface area contributed by atoms with Crippen LogP contribution in [0.1, 0.15) is 58.2 Å². The van der Waals surface area contributed by atoms with Crippen LogP contribution in [0.4, 0.5) is 5.69 Å². The molecular formula is C40H36N2O2S. The Kier molecular flexibility index (Phi) is 6.90. The molecule has 0 atom stereocenters. The lowest BCUT2D eigenvalue weighted by Gasteiger charge is -2.27. The van der Waals surface area contributed by atoms with Crippen molar-refractivity contribution in [2.75, 3.05) is 0 Å². The number of phenols is 1. The first kappa shape index (κ1) is 29.0. The third kappa shape index (κ3) is 5.21. The quantitative estimate of drug-likeness (QED) is 0.202. The molecule has 0 saturated heterocycles. The van der Waals surface area contributed by atoms with Gasteiger partial charge in [0.25, 0.3) is 0 Å². The molecule has 0 spiro atoms. The van der Waals surface area contributed by atoms with Crippen LogP contribution in [0.25, 0.3) is 53.9 Å². The number of aromatic nitrogens is 1. The second kappa shape index (κ2) is 10.7. The van der Waals surface area contributed by atoms with E-state index in [0.29, 0.717) is 11.5 Å². The van der Waals surface area contributed by atoms with E-state index in [0.717, 1.165) is 44.6 Å². The molecule has 0 fully saturated rings. The monoisotopic (exact) mass is 608 g/mol. The van der Waals surface area contributed by atoms with E-state index in [2.05, 4.69) is 96.1 Å². The van der Waals surface area contributed by atoms with Crippen molar-refractivity contribution in [1.82, 2.24) is 4.98 Å². The fourth-order valence-electron chi connectivity index (χ4n) is 5.91. The van der Waals surface area contributed by atoms with E-state index < -0.39 is 0 Å². The molecule has 4 nitrogen and oxygen atoms in total. The van der Waals surface area contributed by atoms with E-state index in [1.54, 1.807) is 6.21 Å². The number of rotatable bonds is 4. The fraction of sp³-hybridized carbons (Fsp3) is 0.200. The number of phenolic OH excluding ortho intramolecular Hbond substituents is 1. The number of fused-ring (bicyclic) bond motifs is 4. The minimum Gasteiger partial charge on any atom is -0.507 e. The maximum Gasteiger partial charge on any atom is 0.229 e. The summed E-state index contributed by atoms with van der Waals surface area (Å²) in [6, 6.07) is 33.2. The molecule has 45 heavy (non-hydrogen) atoms. The van der Waals surface area contributed by atoms with Crippen molar-refractivity contribution in [3.8, 4) is 28.3 Å². The predicted molar refractivity (Wildman–Crippen MR) is 191 cm³/mol. The van der Waals surface area contributed by atoms with E-state index >= 15 is 0 Å². The summed E-state index contributed by atoms with van der Waals surface area (Å²) in [5.41, 5.74) is 7.70. The second-order valence-corrected chi connectivity index (χ2v) is 14.7. The van der Waals surface area contributed by atoms with Crippen molar-refractivity contribution in [3.05, 3.63) is 114 Å². The predicted octanol–water partition coefficient (Wildman–Crippen LogP) is 11.6. The molecule has 7 rings (SSSR count). The number of thiophene rings is 1. The zero-order chi connectivity index (χ0) is 31.5. The van der Waals surface area contributed by atoms with Gasteiger partial charge in [-0.15, -0.1) is 11.3 Å². The maximum atomic E-state index is 11.3. The first-order valence-electron chi connectivity index (χ1n) is 15.3. The molecule has 224 valence electrons. The number of aromatic hydroxyl groups is 1. The summed E-state index contributed by atoms with van der Waals surface area (Å²) < 4.78 is 8.92. The molecule has 0 aliphatic heterocycles. The molecule has 5 aromatic carbocycles. The average molecular weight is 609 g/mol. The third-order valence-corrected chi connectivity index (χ3v) is 9.62. The largest absolute Gasteiger partial charge is 0.507 e. The molecule has 0 bridgehead atoms. The Morgan fingerprint density at radius 3 is 2.22 bits per heavy atom. The number of aliphatic imine (C=N–C) groups is 1. The molecule has 0 aliphatic carbocycles. The minimum absolute atomic E-state index is 0.0791. The first-order chi connectivity index (χ1) is 21.5.